The number of carbonyl (C=O) groups is 1. The van der Waals surface area contributed by atoms with Gasteiger partial charge in [0.1, 0.15) is 5.75 Å². The summed E-state index contributed by atoms with van der Waals surface area (Å²) in [6, 6.07) is 13.1. The van der Waals surface area contributed by atoms with E-state index in [1.807, 2.05) is 55.3 Å². The fourth-order valence-electron chi connectivity index (χ4n) is 2.55. The number of hydrogen-bond acceptors (Lipinski definition) is 3. The maximum absolute atomic E-state index is 12.4. The van der Waals surface area contributed by atoms with Crippen LogP contribution in [0.5, 0.6) is 5.75 Å². The molecule has 0 saturated heterocycles. The van der Waals surface area contributed by atoms with E-state index < -0.39 is 0 Å². The van der Waals surface area contributed by atoms with Crippen LogP contribution in [-0.2, 0) is 17.8 Å². The molecule has 2 aromatic rings. The van der Waals surface area contributed by atoms with E-state index >= 15 is 0 Å². The molecule has 1 amide bonds. The maximum atomic E-state index is 12.4. The van der Waals surface area contributed by atoms with Crippen molar-refractivity contribution in [2.75, 3.05) is 20.7 Å². The van der Waals surface area contributed by atoms with Crippen molar-refractivity contribution in [2.45, 2.75) is 25.9 Å². The zero-order valence-electron chi connectivity index (χ0n) is 15.3. The van der Waals surface area contributed by atoms with E-state index in [0.29, 0.717) is 23.1 Å². The van der Waals surface area contributed by atoms with Crippen LogP contribution < -0.4 is 10.1 Å². The Morgan fingerprint density at radius 2 is 1.88 bits per heavy atom. The summed E-state index contributed by atoms with van der Waals surface area (Å²) in [5, 5.41) is 4.04. The molecule has 0 heterocycles. The summed E-state index contributed by atoms with van der Waals surface area (Å²) in [5.41, 5.74) is 2.05. The highest BCUT2D eigenvalue weighted by atomic mass is 35.5. The number of halogens is 2. The van der Waals surface area contributed by atoms with E-state index in [2.05, 4.69) is 5.32 Å². The molecule has 0 aliphatic rings. The first-order valence-corrected chi connectivity index (χ1v) is 9.21. The molecule has 1 unspecified atom stereocenters. The van der Waals surface area contributed by atoms with Gasteiger partial charge in [0, 0.05) is 13.1 Å². The van der Waals surface area contributed by atoms with Crippen molar-refractivity contribution >= 4 is 29.1 Å². The number of ether oxygens (including phenoxy) is 1. The third kappa shape index (κ3) is 5.63. The Bertz CT molecular complexity index is 735. The van der Waals surface area contributed by atoms with Crippen LogP contribution >= 0.6 is 23.2 Å². The summed E-state index contributed by atoms with van der Waals surface area (Å²) < 4.78 is 5.14. The molecule has 0 fully saturated rings. The summed E-state index contributed by atoms with van der Waals surface area (Å²) >= 11 is 12.3. The number of nitrogens with one attached hydrogen (secondary N) is 1. The molecule has 1 N–H and O–H groups in total. The molecular weight excluding hydrogens is 371 g/mol. The average molecular weight is 395 g/mol. The standard InChI is InChI=1S/C20H24Cl2N2O2/c1-14(24(2)13-16-5-4-6-18(21)19(16)22)20(25)23-12-11-15-7-9-17(26-3)10-8-15/h4-10,14H,11-13H2,1-3H3,(H,23,25). The average Bonchev–Trinajstić information content (AvgIpc) is 2.65. The van der Waals surface area contributed by atoms with Crippen LogP contribution in [-0.4, -0.2) is 37.6 Å². The van der Waals surface area contributed by atoms with Gasteiger partial charge in [0.05, 0.1) is 23.2 Å². The molecule has 0 saturated carbocycles. The third-order valence-corrected chi connectivity index (χ3v) is 5.22. The van der Waals surface area contributed by atoms with Crippen molar-refractivity contribution < 1.29 is 9.53 Å². The zero-order chi connectivity index (χ0) is 19.1. The first-order chi connectivity index (χ1) is 12.4. The summed E-state index contributed by atoms with van der Waals surface area (Å²) in [6.07, 6.45) is 0.770. The molecule has 1 atom stereocenters. The predicted octanol–water partition coefficient (Wildman–Crippen LogP) is 4.18. The van der Waals surface area contributed by atoms with E-state index in [4.69, 9.17) is 27.9 Å². The molecule has 0 spiro atoms. The summed E-state index contributed by atoms with van der Waals surface area (Å²) in [7, 11) is 3.54. The van der Waals surface area contributed by atoms with Gasteiger partial charge >= 0.3 is 0 Å². The molecule has 140 valence electrons. The Labute approximate surface area is 165 Å². The van der Waals surface area contributed by atoms with E-state index in [1.165, 1.54) is 0 Å². The second-order valence-corrected chi connectivity index (χ2v) is 6.98. The Morgan fingerprint density at radius 1 is 1.19 bits per heavy atom. The second kappa shape index (κ2) is 9.81. The van der Waals surface area contributed by atoms with Crippen LogP contribution in [0.4, 0.5) is 0 Å². The lowest BCUT2D eigenvalue weighted by Crippen LogP contribution is -2.43. The normalized spacial score (nSPS) is 12.1. The van der Waals surface area contributed by atoms with Crippen molar-refractivity contribution in [1.29, 1.82) is 0 Å². The van der Waals surface area contributed by atoms with E-state index in [-0.39, 0.29) is 11.9 Å². The van der Waals surface area contributed by atoms with Crippen LogP contribution in [0.3, 0.4) is 0 Å². The highest BCUT2D eigenvalue weighted by Gasteiger charge is 2.19. The van der Waals surface area contributed by atoms with Crippen LogP contribution in [0.15, 0.2) is 42.5 Å². The summed E-state index contributed by atoms with van der Waals surface area (Å²) in [6.45, 7) is 3.01. The molecule has 0 aromatic heterocycles. The van der Waals surface area contributed by atoms with Crippen molar-refractivity contribution in [3.05, 3.63) is 63.6 Å². The molecule has 26 heavy (non-hydrogen) atoms. The number of rotatable bonds is 8. The third-order valence-electron chi connectivity index (χ3n) is 4.36. The molecule has 0 bridgehead atoms. The van der Waals surface area contributed by atoms with E-state index in [0.717, 1.165) is 23.3 Å². The van der Waals surface area contributed by atoms with Gasteiger partial charge in [-0.25, -0.2) is 0 Å². The molecule has 0 aliphatic heterocycles. The monoisotopic (exact) mass is 394 g/mol. The van der Waals surface area contributed by atoms with Gasteiger partial charge in [0.25, 0.3) is 0 Å². The van der Waals surface area contributed by atoms with Gasteiger partial charge in [-0.05, 0) is 49.7 Å². The lowest BCUT2D eigenvalue weighted by Gasteiger charge is -2.24. The van der Waals surface area contributed by atoms with Gasteiger partial charge in [-0.3, -0.25) is 9.69 Å². The van der Waals surface area contributed by atoms with Gasteiger partial charge in [0.2, 0.25) is 5.91 Å². The minimum Gasteiger partial charge on any atom is -0.497 e. The zero-order valence-corrected chi connectivity index (χ0v) is 16.8. The van der Waals surface area contributed by atoms with Gasteiger partial charge < -0.3 is 10.1 Å². The predicted molar refractivity (Wildman–Crippen MR) is 107 cm³/mol. The molecule has 2 aromatic carbocycles. The molecule has 4 nitrogen and oxygen atoms in total. The lowest BCUT2D eigenvalue weighted by atomic mass is 10.1. The van der Waals surface area contributed by atoms with E-state index in [9.17, 15) is 4.79 Å². The van der Waals surface area contributed by atoms with Crippen molar-refractivity contribution in [1.82, 2.24) is 10.2 Å². The van der Waals surface area contributed by atoms with Crippen molar-refractivity contribution in [2.24, 2.45) is 0 Å². The Balaban J connectivity index is 1.83. The van der Waals surface area contributed by atoms with Crippen LogP contribution in [0, 0.1) is 0 Å². The lowest BCUT2D eigenvalue weighted by molar-refractivity contribution is -0.125. The quantitative estimate of drug-likeness (QED) is 0.729. The molecule has 0 radical (unpaired) electrons. The Hall–Kier alpha value is -1.75. The van der Waals surface area contributed by atoms with Crippen molar-refractivity contribution in [3.8, 4) is 5.75 Å². The number of likely N-dealkylation sites (N-methyl/N-ethyl adjacent to an activating group) is 1. The molecule has 0 aliphatic carbocycles. The van der Waals surface area contributed by atoms with Gasteiger partial charge in [-0.15, -0.1) is 0 Å². The SMILES string of the molecule is COc1ccc(CCNC(=O)C(C)N(C)Cc2cccc(Cl)c2Cl)cc1. The smallest absolute Gasteiger partial charge is 0.237 e. The number of hydrogen-bond donors (Lipinski definition) is 1. The molecular formula is C20H24Cl2N2O2. The van der Waals surface area contributed by atoms with Crippen molar-refractivity contribution in [3.63, 3.8) is 0 Å². The Morgan fingerprint density at radius 3 is 2.54 bits per heavy atom. The number of benzene rings is 2. The number of amides is 1. The summed E-state index contributed by atoms with van der Waals surface area (Å²) in [4.78, 5) is 14.3. The minimum absolute atomic E-state index is 0.0147. The number of carbonyl (C=O) groups excluding carboxylic acids is 1. The first-order valence-electron chi connectivity index (χ1n) is 8.46. The van der Waals surface area contributed by atoms with E-state index in [1.54, 1.807) is 13.2 Å². The molecule has 6 heteroatoms. The van der Waals surface area contributed by atoms with Gasteiger partial charge in [-0.1, -0.05) is 47.5 Å². The topological polar surface area (TPSA) is 41.6 Å². The number of nitrogens with zero attached hydrogens (tertiary/aromatic N) is 1. The largest absolute Gasteiger partial charge is 0.497 e. The Kier molecular flexibility index (Phi) is 7.76. The highest BCUT2D eigenvalue weighted by molar-refractivity contribution is 6.42. The summed E-state index contributed by atoms with van der Waals surface area (Å²) in [5.74, 6) is 0.812. The van der Waals surface area contributed by atoms with Crippen LogP contribution in [0.1, 0.15) is 18.1 Å². The second-order valence-electron chi connectivity index (χ2n) is 6.19. The molecule has 2 rings (SSSR count). The van der Waals surface area contributed by atoms with Crippen LogP contribution in [0.2, 0.25) is 10.0 Å². The first kappa shape index (κ1) is 20.6. The van der Waals surface area contributed by atoms with Crippen LogP contribution in [0.25, 0.3) is 0 Å². The fourth-order valence-corrected chi connectivity index (χ4v) is 2.93. The highest BCUT2D eigenvalue weighted by Crippen LogP contribution is 2.26. The van der Waals surface area contributed by atoms with Gasteiger partial charge in [-0.2, -0.15) is 0 Å². The fraction of sp³-hybridized carbons (Fsp3) is 0.350. The minimum atomic E-state index is -0.277. The van der Waals surface area contributed by atoms with Gasteiger partial charge in [0.15, 0.2) is 0 Å². The maximum Gasteiger partial charge on any atom is 0.237 e. The number of methoxy groups -OCH3 is 1.